The number of phenols is 1. The molecule has 1 aromatic heterocycles. The van der Waals surface area contributed by atoms with E-state index in [0.717, 1.165) is 35.4 Å². The number of phenolic OH excluding ortho intramolecular Hbond substituents is 1. The van der Waals surface area contributed by atoms with Crippen molar-refractivity contribution >= 4 is 22.6 Å². The molecule has 0 atom stereocenters. The van der Waals surface area contributed by atoms with Crippen LogP contribution in [-0.4, -0.2) is 14.7 Å². The summed E-state index contributed by atoms with van der Waals surface area (Å²) in [5.74, 6) is 0.961. The van der Waals surface area contributed by atoms with E-state index in [4.69, 9.17) is 0 Å². The van der Waals surface area contributed by atoms with Crippen LogP contribution < -0.4 is 5.56 Å². The molecule has 0 spiro atoms. The number of aryl methyl sites for hydroxylation is 1. The SMILES string of the molecule is O=c1nc2n(c3ccccc13)CCC2=Cc1cccc(O)c1. The van der Waals surface area contributed by atoms with E-state index in [1.807, 2.05) is 36.4 Å². The maximum atomic E-state index is 12.2. The Morgan fingerprint density at radius 3 is 2.86 bits per heavy atom. The Labute approximate surface area is 127 Å². The number of benzene rings is 2. The molecule has 0 radical (unpaired) electrons. The maximum Gasteiger partial charge on any atom is 0.281 e. The molecule has 1 aliphatic rings. The standard InChI is InChI=1S/C18H14N2O2/c21-14-5-3-4-12(11-14)10-13-8-9-20-16-7-2-1-6-15(16)18(22)19-17(13)20/h1-7,10-11,21H,8-9H2. The van der Waals surface area contributed by atoms with Crippen LogP contribution in [0.3, 0.4) is 0 Å². The lowest BCUT2D eigenvalue weighted by Crippen LogP contribution is -2.14. The highest BCUT2D eigenvalue weighted by atomic mass is 16.3. The molecule has 0 saturated carbocycles. The molecule has 0 fully saturated rings. The monoisotopic (exact) mass is 290 g/mol. The number of aromatic hydroxyl groups is 1. The average Bonchev–Trinajstić information content (AvgIpc) is 2.91. The average molecular weight is 290 g/mol. The lowest BCUT2D eigenvalue weighted by molar-refractivity contribution is 0.475. The molecule has 0 bridgehead atoms. The van der Waals surface area contributed by atoms with E-state index in [9.17, 15) is 9.90 Å². The lowest BCUT2D eigenvalue weighted by Gasteiger charge is -2.07. The summed E-state index contributed by atoms with van der Waals surface area (Å²) in [6.45, 7) is 0.813. The zero-order chi connectivity index (χ0) is 15.1. The first-order valence-electron chi connectivity index (χ1n) is 7.22. The van der Waals surface area contributed by atoms with E-state index in [1.165, 1.54) is 0 Å². The number of fused-ring (bicyclic) bond motifs is 3. The third-order valence-corrected chi connectivity index (χ3v) is 3.99. The van der Waals surface area contributed by atoms with Crippen molar-refractivity contribution in [3.05, 3.63) is 70.3 Å². The molecule has 0 unspecified atom stereocenters. The fourth-order valence-electron chi connectivity index (χ4n) is 2.99. The summed E-state index contributed by atoms with van der Waals surface area (Å²) in [6.07, 6.45) is 2.82. The van der Waals surface area contributed by atoms with E-state index in [2.05, 4.69) is 9.55 Å². The molecule has 0 saturated heterocycles. The lowest BCUT2D eigenvalue weighted by atomic mass is 10.1. The van der Waals surface area contributed by atoms with Gasteiger partial charge in [-0.3, -0.25) is 4.79 Å². The second kappa shape index (κ2) is 4.84. The van der Waals surface area contributed by atoms with Gasteiger partial charge in [-0.05, 0) is 47.9 Å². The van der Waals surface area contributed by atoms with Crippen molar-refractivity contribution < 1.29 is 5.11 Å². The van der Waals surface area contributed by atoms with Crippen molar-refractivity contribution in [3.63, 3.8) is 0 Å². The minimum absolute atomic E-state index is 0.189. The van der Waals surface area contributed by atoms with Crippen molar-refractivity contribution in [1.82, 2.24) is 9.55 Å². The molecule has 4 rings (SSSR count). The normalized spacial score (nSPS) is 15.4. The predicted molar refractivity (Wildman–Crippen MR) is 86.6 cm³/mol. The summed E-state index contributed by atoms with van der Waals surface area (Å²) in [5, 5.41) is 10.2. The molecule has 22 heavy (non-hydrogen) atoms. The van der Waals surface area contributed by atoms with Gasteiger partial charge in [-0.25, -0.2) is 0 Å². The third-order valence-electron chi connectivity index (χ3n) is 3.99. The summed E-state index contributed by atoms with van der Waals surface area (Å²) in [4.78, 5) is 16.5. The van der Waals surface area contributed by atoms with Crippen molar-refractivity contribution in [2.45, 2.75) is 13.0 Å². The summed E-state index contributed by atoms with van der Waals surface area (Å²) in [5.41, 5.74) is 2.67. The van der Waals surface area contributed by atoms with Gasteiger partial charge in [0.1, 0.15) is 11.6 Å². The van der Waals surface area contributed by atoms with Crippen LogP contribution in [0.15, 0.2) is 53.3 Å². The Morgan fingerprint density at radius 2 is 2.00 bits per heavy atom. The molecule has 4 nitrogen and oxygen atoms in total. The van der Waals surface area contributed by atoms with Crippen LogP contribution in [0.4, 0.5) is 0 Å². The van der Waals surface area contributed by atoms with Crippen LogP contribution in [-0.2, 0) is 6.54 Å². The second-order valence-electron chi connectivity index (χ2n) is 5.42. The van der Waals surface area contributed by atoms with Gasteiger partial charge in [-0.2, -0.15) is 4.98 Å². The van der Waals surface area contributed by atoms with Crippen LogP contribution >= 0.6 is 0 Å². The molecule has 2 aromatic carbocycles. The number of allylic oxidation sites excluding steroid dienone is 1. The number of rotatable bonds is 1. The fraction of sp³-hybridized carbons (Fsp3) is 0.111. The number of hydrogen-bond acceptors (Lipinski definition) is 3. The summed E-state index contributed by atoms with van der Waals surface area (Å²) < 4.78 is 2.09. The minimum Gasteiger partial charge on any atom is -0.508 e. The van der Waals surface area contributed by atoms with Gasteiger partial charge in [-0.15, -0.1) is 0 Å². The van der Waals surface area contributed by atoms with E-state index < -0.39 is 0 Å². The third kappa shape index (κ3) is 2.00. The van der Waals surface area contributed by atoms with Gasteiger partial charge in [0.15, 0.2) is 0 Å². The van der Waals surface area contributed by atoms with Gasteiger partial charge < -0.3 is 9.67 Å². The van der Waals surface area contributed by atoms with E-state index in [0.29, 0.717) is 5.39 Å². The van der Waals surface area contributed by atoms with Gasteiger partial charge >= 0.3 is 0 Å². The number of hydrogen-bond donors (Lipinski definition) is 1. The maximum absolute atomic E-state index is 12.2. The van der Waals surface area contributed by atoms with Gasteiger partial charge in [0, 0.05) is 6.54 Å². The molecular weight excluding hydrogens is 276 g/mol. The quantitative estimate of drug-likeness (QED) is 0.749. The Balaban J connectivity index is 1.91. The molecule has 4 heteroatoms. The van der Waals surface area contributed by atoms with Crippen molar-refractivity contribution in [2.24, 2.45) is 0 Å². The topological polar surface area (TPSA) is 55.1 Å². The van der Waals surface area contributed by atoms with Gasteiger partial charge in [0.05, 0.1) is 10.9 Å². The summed E-state index contributed by atoms with van der Waals surface area (Å²) in [6, 6.07) is 14.6. The number of aromatic nitrogens is 2. The van der Waals surface area contributed by atoms with Crippen molar-refractivity contribution in [1.29, 1.82) is 0 Å². The van der Waals surface area contributed by atoms with Crippen LogP contribution in [0.25, 0.3) is 22.6 Å². The van der Waals surface area contributed by atoms with E-state index in [1.54, 1.807) is 18.2 Å². The fourth-order valence-corrected chi connectivity index (χ4v) is 2.99. The molecule has 3 aromatic rings. The molecule has 2 heterocycles. The molecule has 0 amide bonds. The Kier molecular flexibility index (Phi) is 2.82. The highest BCUT2D eigenvalue weighted by Gasteiger charge is 2.20. The van der Waals surface area contributed by atoms with Crippen LogP contribution in [0.5, 0.6) is 5.75 Å². The first kappa shape index (κ1) is 12.8. The smallest absolute Gasteiger partial charge is 0.281 e. The first-order chi connectivity index (χ1) is 10.7. The predicted octanol–water partition coefficient (Wildman–Crippen LogP) is 3.05. The summed E-state index contributed by atoms with van der Waals surface area (Å²) >= 11 is 0. The molecule has 0 aliphatic carbocycles. The molecule has 108 valence electrons. The largest absolute Gasteiger partial charge is 0.508 e. The van der Waals surface area contributed by atoms with E-state index in [-0.39, 0.29) is 11.3 Å². The Morgan fingerprint density at radius 1 is 1.14 bits per heavy atom. The minimum atomic E-state index is -0.189. The first-order valence-corrected chi connectivity index (χ1v) is 7.22. The highest BCUT2D eigenvalue weighted by Crippen LogP contribution is 2.29. The number of nitrogens with zero attached hydrogens (tertiary/aromatic N) is 2. The second-order valence-corrected chi connectivity index (χ2v) is 5.42. The van der Waals surface area contributed by atoms with Crippen molar-refractivity contribution in [2.75, 3.05) is 0 Å². The zero-order valence-electron chi connectivity index (χ0n) is 11.9. The molecular formula is C18H14N2O2. The van der Waals surface area contributed by atoms with Gasteiger partial charge in [0.25, 0.3) is 5.56 Å². The zero-order valence-corrected chi connectivity index (χ0v) is 11.9. The number of para-hydroxylation sites is 1. The Bertz CT molecular complexity index is 970. The molecule has 1 aliphatic heterocycles. The van der Waals surface area contributed by atoms with Crippen molar-refractivity contribution in [3.8, 4) is 5.75 Å². The van der Waals surface area contributed by atoms with Crippen LogP contribution in [0.2, 0.25) is 0 Å². The van der Waals surface area contributed by atoms with Gasteiger partial charge in [-0.1, -0.05) is 24.3 Å². The van der Waals surface area contributed by atoms with Crippen LogP contribution in [0.1, 0.15) is 17.8 Å². The highest BCUT2D eigenvalue weighted by molar-refractivity contribution is 5.85. The van der Waals surface area contributed by atoms with Crippen LogP contribution in [0, 0.1) is 0 Å². The van der Waals surface area contributed by atoms with E-state index >= 15 is 0 Å². The summed E-state index contributed by atoms with van der Waals surface area (Å²) in [7, 11) is 0. The van der Waals surface area contributed by atoms with Gasteiger partial charge in [0.2, 0.25) is 0 Å². The molecule has 1 N–H and O–H groups in total. The Hall–Kier alpha value is -2.88.